The zero-order valence-corrected chi connectivity index (χ0v) is 12.9. The van der Waals surface area contributed by atoms with E-state index < -0.39 is 5.56 Å². The first-order valence-corrected chi connectivity index (χ1v) is 7.33. The number of hydrogen-bond acceptors (Lipinski definition) is 5. The van der Waals surface area contributed by atoms with Crippen LogP contribution >= 0.6 is 12.2 Å². The fourth-order valence-corrected chi connectivity index (χ4v) is 1.92. The summed E-state index contributed by atoms with van der Waals surface area (Å²) < 4.78 is 5.65. The number of aromatic hydroxyl groups is 1. The Labute approximate surface area is 132 Å². The number of hydrogen-bond donors (Lipinski definition) is 3. The Hall–Kier alpha value is -2.41. The molecule has 0 bridgehead atoms. The quantitative estimate of drug-likeness (QED) is 0.433. The predicted molar refractivity (Wildman–Crippen MR) is 88.0 cm³/mol. The molecule has 6 nitrogen and oxygen atoms in total. The summed E-state index contributed by atoms with van der Waals surface area (Å²) in [4.78, 5) is 20.7. The molecule has 7 heteroatoms. The normalized spacial score (nSPS) is 11.0. The molecule has 0 aliphatic heterocycles. The molecule has 2 aromatic rings. The molecule has 0 unspecified atom stereocenters. The van der Waals surface area contributed by atoms with Gasteiger partial charge in [-0.05, 0) is 30.8 Å². The summed E-state index contributed by atoms with van der Waals surface area (Å²) >= 11 is 4.76. The maximum absolute atomic E-state index is 11.7. The lowest BCUT2D eigenvalue weighted by atomic mass is 10.3. The largest absolute Gasteiger partial charge is 0.494 e. The fraction of sp³-hybridized carbons (Fsp3) is 0.267. The van der Waals surface area contributed by atoms with Crippen molar-refractivity contribution in [3.63, 3.8) is 0 Å². The Balaban J connectivity index is 2.18. The zero-order chi connectivity index (χ0) is 15.9. The van der Waals surface area contributed by atoms with Crippen molar-refractivity contribution in [1.29, 1.82) is 0 Å². The number of nitrogens with zero attached hydrogens (tertiary/aromatic N) is 1. The van der Waals surface area contributed by atoms with Gasteiger partial charge in [0.25, 0.3) is 5.56 Å². The van der Waals surface area contributed by atoms with Crippen LogP contribution in [0.3, 0.4) is 0 Å². The van der Waals surface area contributed by atoms with Gasteiger partial charge in [0.05, 0.1) is 12.3 Å². The highest BCUT2D eigenvalue weighted by molar-refractivity contribution is 7.71. The molecule has 2 rings (SSSR count). The van der Waals surface area contributed by atoms with Crippen molar-refractivity contribution in [3.05, 3.63) is 45.0 Å². The van der Waals surface area contributed by atoms with E-state index in [-0.39, 0.29) is 16.2 Å². The van der Waals surface area contributed by atoms with E-state index in [1.54, 1.807) is 12.1 Å². The highest BCUT2D eigenvalue weighted by atomic mass is 32.1. The summed E-state index contributed by atoms with van der Waals surface area (Å²) in [5.74, 6) is 0.404. The third-order valence-electron chi connectivity index (χ3n) is 2.89. The lowest BCUT2D eigenvalue weighted by molar-refractivity contribution is 0.309. The summed E-state index contributed by atoms with van der Waals surface area (Å²) in [5, 5.41) is 9.69. The number of rotatable bonds is 6. The van der Waals surface area contributed by atoms with Gasteiger partial charge >= 0.3 is 0 Å². The lowest BCUT2D eigenvalue weighted by Crippen LogP contribution is -2.13. The second-order valence-corrected chi connectivity index (χ2v) is 5.04. The number of aromatic nitrogens is 2. The van der Waals surface area contributed by atoms with Crippen LogP contribution in [0.5, 0.6) is 11.6 Å². The van der Waals surface area contributed by atoms with Crippen LogP contribution in [0.25, 0.3) is 0 Å². The average molecular weight is 319 g/mol. The summed E-state index contributed by atoms with van der Waals surface area (Å²) in [5.41, 5.74) is 0.140. The Kier molecular flexibility index (Phi) is 5.48. The molecular formula is C15H17N3O3S. The molecular weight excluding hydrogens is 302 g/mol. The van der Waals surface area contributed by atoms with Crippen molar-refractivity contribution in [3.8, 4) is 11.6 Å². The number of benzene rings is 1. The molecule has 0 saturated carbocycles. The minimum absolute atomic E-state index is 0.0194. The van der Waals surface area contributed by atoms with Gasteiger partial charge in [-0.25, -0.2) is 0 Å². The molecule has 0 aliphatic rings. The lowest BCUT2D eigenvalue weighted by Gasteiger charge is -2.05. The first kappa shape index (κ1) is 16.0. The van der Waals surface area contributed by atoms with E-state index in [4.69, 9.17) is 17.0 Å². The van der Waals surface area contributed by atoms with E-state index in [1.807, 2.05) is 12.1 Å². The van der Waals surface area contributed by atoms with Crippen LogP contribution in [0.15, 0.2) is 34.1 Å². The van der Waals surface area contributed by atoms with Gasteiger partial charge in [-0.3, -0.25) is 14.8 Å². The van der Waals surface area contributed by atoms with Crippen molar-refractivity contribution in [2.75, 3.05) is 6.61 Å². The van der Waals surface area contributed by atoms with Crippen LogP contribution in [-0.4, -0.2) is 27.9 Å². The van der Waals surface area contributed by atoms with Gasteiger partial charge < -0.3 is 14.8 Å². The molecule has 0 radical (unpaired) electrons. The average Bonchev–Trinajstić information content (AvgIpc) is 2.47. The van der Waals surface area contributed by atoms with Gasteiger partial charge in [-0.2, -0.15) is 0 Å². The first-order valence-electron chi connectivity index (χ1n) is 6.92. The molecule has 0 amide bonds. The van der Waals surface area contributed by atoms with Crippen LogP contribution in [0.1, 0.15) is 25.3 Å². The van der Waals surface area contributed by atoms with E-state index in [0.717, 1.165) is 12.8 Å². The second kappa shape index (κ2) is 7.56. The number of H-pyrrole nitrogens is 2. The van der Waals surface area contributed by atoms with Crippen molar-refractivity contribution in [1.82, 2.24) is 9.97 Å². The number of nitrogens with one attached hydrogen (secondary N) is 2. The highest BCUT2D eigenvalue weighted by Crippen LogP contribution is 2.20. The molecule has 3 N–H and O–H groups in total. The predicted octanol–water partition coefficient (Wildman–Crippen LogP) is 3.07. The summed E-state index contributed by atoms with van der Waals surface area (Å²) in [7, 11) is 0. The molecule has 1 heterocycles. The van der Waals surface area contributed by atoms with Gasteiger partial charge in [0.1, 0.15) is 11.3 Å². The fourth-order valence-electron chi connectivity index (χ4n) is 1.73. The molecule has 0 fully saturated rings. The molecule has 1 aromatic heterocycles. The van der Waals surface area contributed by atoms with Gasteiger partial charge in [0.2, 0.25) is 5.88 Å². The molecule has 0 saturated heterocycles. The van der Waals surface area contributed by atoms with Crippen LogP contribution in [0, 0.1) is 4.77 Å². The van der Waals surface area contributed by atoms with E-state index >= 15 is 0 Å². The topological polar surface area (TPSA) is 90.5 Å². The van der Waals surface area contributed by atoms with Gasteiger partial charge in [0.15, 0.2) is 4.77 Å². The second-order valence-electron chi connectivity index (χ2n) is 4.63. The van der Waals surface area contributed by atoms with Gasteiger partial charge in [0, 0.05) is 12.3 Å². The smallest absolute Gasteiger partial charge is 0.264 e. The SMILES string of the molecule is CCCCOc1cccc(N=Cc2c(O)[nH]c(=S)[nH]c2=O)c1. The van der Waals surface area contributed by atoms with Crippen molar-refractivity contribution < 1.29 is 9.84 Å². The molecule has 22 heavy (non-hydrogen) atoms. The Morgan fingerprint density at radius 3 is 2.95 bits per heavy atom. The summed E-state index contributed by atoms with van der Waals surface area (Å²) in [6, 6.07) is 7.21. The maximum Gasteiger partial charge on any atom is 0.264 e. The molecule has 0 aliphatic carbocycles. The number of aliphatic imine (C=N–C) groups is 1. The molecule has 1 aromatic carbocycles. The minimum Gasteiger partial charge on any atom is -0.494 e. The van der Waals surface area contributed by atoms with Crippen molar-refractivity contribution in [2.24, 2.45) is 4.99 Å². The Morgan fingerprint density at radius 2 is 2.23 bits per heavy atom. The van der Waals surface area contributed by atoms with Crippen LogP contribution in [-0.2, 0) is 0 Å². The van der Waals surface area contributed by atoms with E-state index in [0.29, 0.717) is 18.0 Å². The third-order valence-corrected chi connectivity index (χ3v) is 3.09. The van der Waals surface area contributed by atoms with Crippen LogP contribution in [0.4, 0.5) is 5.69 Å². The number of ether oxygens (including phenoxy) is 1. The molecule has 0 atom stereocenters. The summed E-state index contributed by atoms with van der Waals surface area (Å²) in [6.45, 7) is 2.75. The van der Waals surface area contributed by atoms with E-state index in [1.165, 1.54) is 6.21 Å². The molecule has 116 valence electrons. The first-order chi connectivity index (χ1) is 10.6. The number of unbranched alkanes of at least 4 members (excludes halogenated alkanes) is 1. The van der Waals surface area contributed by atoms with Crippen LogP contribution in [0.2, 0.25) is 0 Å². The monoisotopic (exact) mass is 319 g/mol. The van der Waals surface area contributed by atoms with Crippen molar-refractivity contribution >= 4 is 24.1 Å². The van der Waals surface area contributed by atoms with Gasteiger partial charge in [-0.15, -0.1) is 0 Å². The minimum atomic E-state index is -0.500. The van der Waals surface area contributed by atoms with Gasteiger partial charge in [-0.1, -0.05) is 19.4 Å². The van der Waals surface area contributed by atoms with E-state index in [9.17, 15) is 9.90 Å². The molecule has 0 spiro atoms. The highest BCUT2D eigenvalue weighted by Gasteiger charge is 2.04. The maximum atomic E-state index is 11.7. The Morgan fingerprint density at radius 1 is 1.41 bits per heavy atom. The van der Waals surface area contributed by atoms with Crippen LogP contribution < -0.4 is 10.3 Å². The standard InChI is InChI=1S/C15H17N3O3S/c1-2-3-7-21-11-6-4-5-10(8-11)16-9-12-13(19)17-15(22)18-14(12)20/h4-6,8-9H,2-3,7H2,1H3,(H3,17,18,19,20,22). The number of aromatic amines is 2. The Bertz CT molecular complexity index is 780. The van der Waals surface area contributed by atoms with Crippen molar-refractivity contribution in [2.45, 2.75) is 19.8 Å². The third kappa shape index (κ3) is 4.29. The van der Waals surface area contributed by atoms with E-state index in [2.05, 4.69) is 21.9 Å². The zero-order valence-electron chi connectivity index (χ0n) is 12.1. The summed E-state index contributed by atoms with van der Waals surface area (Å²) in [6.07, 6.45) is 3.33.